The maximum absolute atomic E-state index is 3.76. The number of nitrogens with one attached hydrogen (secondary N) is 1. The second kappa shape index (κ2) is 6.11. The van der Waals surface area contributed by atoms with E-state index in [9.17, 15) is 0 Å². The summed E-state index contributed by atoms with van der Waals surface area (Å²) in [5, 5.41) is 3.76. The van der Waals surface area contributed by atoms with E-state index < -0.39 is 0 Å². The van der Waals surface area contributed by atoms with Gasteiger partial charge >= 0.3 is 0 Å². The van der Waals surface area contributed by atoms with Crippen LogP contribution >= 0.6 is 0 Å². The van der Waals surface area contributed by atoms with E-state index >= 15 is 0 Å². The first-order valence-corrected chi connectivity index (χ1v) is 8.43. The third-order valence-corrected chi connectivity index (χ3v) is 5.76. The van der Waals surface area contributed by atoms with Crippen molar-refractivity contribution in [2.24, 2.45) is 5.92 Å². The minimum atomic E-state index is 0.790. The normalized spacial score (nSPS) is 40.7. The molecule has 3 aliphatic rings. The average molecular weight is 265 g/mol. The van der Waals surface area contributed by atoms with Gasteiger partial charge in [-0.3, -0.25) is 0 Å². The fourth-order valence-corrected chi connectivity index (χ4v) is 4.43. The molecule has 3 rings (SSSR count). The molecule has 0 aromatic carbocycles. The molecule has 3 fully saturated rings. The Kier molecular flexibility index (Phi) is 4.45. The summed E-state index contributed by atoms with van der Waals surface area (Å²) in [6, 6.07) is 2.51. The smallest absolute Gasteiger partial charge is 0.0218 e. The Labute approximate surface area is 118 Å². The quantitative estimate of drug-likeness (QED) is 0.838. The van der Waals surface area contributed by atoms with Crippen LogP contribution in [0.1, 0.15) is 45.4 Å². The van der Waals surface area contributed by atoms with Crippen molar-refractivity contribution < 1.29 is 0 Å². The lowest BCUT2D eigenvalue weighted by Gasteiger charge is -2.40. The number of hydrogen-bond acceptors (Lipinski definition) is 3. The van der Waals surface area contributed by atoms with Gasteiger partial charge in [0.15, 0.2) is 0 Å². The lowest BCUT2D eigenvalue weighted by molar-refractivity contribution is 0.0862. The minimum absolute atomic E-state index is 0.790. The summed E-state index contributed by atoms with van der Waals surface area (Å²) >= 11 is 0. The molecule has 0 amide bonds. The van der Waals surface area contributed by atoms with E-state index in [4.69, 9.17) is 0 Å². The summed E-state index contributed by atoms with van der Waals surface area (Å²) in [6.07, 6.45) is 8.50. The van der Waals surface area contributed by atoms with Crippen molar-refractivity contribution in [2.45, 2.75) is 63.6 Å². The van der Waals surface area contributed by atoms with Gasteiger partial charge in [-0.2, -0.15) is 0 Å². The van der Waals surface area contributed by atoms with E-state index in [0.717, 1.165) is 24.0 Å². The molecule has 0 aromatic heterocycles. The standard InChI is InChI=1S/C16H31N3/c1-3-16-12-19(9-8-18(16)2)7-6-13-10-14-4-5-15(11-13)17-14/h13-17H,3-12H2,1-2H3. The number of rotatable bonds is 4. The highest BCUT2D eigenvalue weighted by Crippen LogP contribution is 2.32. The first kappa shape index (κ1) is 13.8. The minimum Gasteiger partial charge on any atom is -0.311 e. The molecular formula is C16H31N3. The van der Waals surface area contributed by atoms with Crippen LogP contribution in [0.4, 0.5) is 0 Å². The summed E-state index contributed by atoms with van der Waals surface area (Å²) in [5.74, 6) is 0.999. The van der Waals surface area contributed by atoms with E-state index in [-0.39, 0.29) is 0 Å². The van der Waals surface area contributed by atoms with Gasteiger partial charge in [0.1, 0.15) is 0 Å². The Morgan fingerprint density at radius 1 is 1.11 bits per heavy atom. The van der Waals surface area contributed by atoms with Crippen molar-refractivity contribution in [3.05, 3.63) is 0 Å². The second-order valence-electron chi connectivity index (χ2n) is 7.11. The van der Waals surface area contributed by atoms with Gasteiger partial charge in [-0.1, -0.05) is 6.92 Å². The Morgan fingerprint density at radius 2 is 1.84 bits per heavy atom. The van der Waals surface area contributed by atoms with Crippen LogP contribution in [0.2, 0.25) is 0 Å². The predicted molar refractivity (Wildman–Crippen MR) is 80.4 cm³/mol. The van der Waals surface area contributed by atoms with Gasteiger partial charge in [0.05, 0.1) is 0 Å². The maximum Gasteiger partial charge on any atom is 0.0218 e. The molecule has 110 valence electrons. The maximum atomic E-state index is 3.76. The summed E-state index contributed by atoms with van der Waals surface area (Å²) in [5.41, 5.74) is 0. The predicted octanol–water partition coefficient (Wildman–Crippen LogP) is 1.93. The zero-order valence-electron chi connectivity index (χ0n) is 12.8. The van der Waals surface area contributed by atoms with E-state index in [2.05, 4.69) is 29.1 Å². The van der Waals surface area contributed by atoms with Crippen LogP contribution in [0.15, 0.2) is 0 Å². The zero-order valence-corrected chi connectivity index (χ0v) is 12.8. The fraction of sp³-hybridized carbons (Fsp3) is 1.00. The van der Waals surface area contributed by atoms with Crippen LogP contribution in [-0.2, 0) is 0 Å². The lowest BCUT2D eigenvalue weighted by Crippen LogP contribution is -2.51. The summed E-state index contributed by atoms with van der Waals surface area (Å²) in [7, 11) is 2.29. The first-order valence-electron chi connectivity index (χ1n) is 8.43. The van der Waals surface area contributed by atoms with Crippen molar-refractivity contribution in [2.75, 3.05) is 33.2 Å². The molecule has 3 atom stereocenters. The van der Waals surface area contributed by atoms with Crippen molar-refractivity contribution >= 4 is 0 Å². The molecule has 3 unspecified atom stereocenters. The molecule has 0 saturated carbocycles. The molecule has 3 heteroatoms. The number of nitrogens with zero attached hydrogens (tertiary/aromatic N) is 2. The van der Waals surface area contributed by atoms with Crippen LogP contribution in [0.25, 0.3) is 0 Å². The topological polar surface area (TPSA) is 18.5 Å². The zero-order chi connectivity index (χ0) is 13.2. The van der Waals surface area contributed by atoms with Gasteiger partial charge < -0.3 is 15.1 Å². The van der Waals surface area contributed by atoms with Crippen LogP contribution in [0, 0.1) is 5.92 Å². The van der Waals surface area contributed by atoms with Gasteiger partial charge in [0.25, 0.3) is 0 Å². The number of fused-ring (bicyclic) bond motifs is 2. The highest BCUT2D eigenvalue weighted by Gasteiger charge is 2.33. The van der Waals surface area contributed by atoms with Gasteiger partial charge in [0.2, 0.25) is 0 Å². The highest BCUT2D eigenvalue weighted by molar-refractivity contribution is 4.92. The van der Waals surface area contributed by atoms with Crippen molar-refractivity contribution in [3.63, 3.8) is 0 Å². The van der Waals surface area contributed by atoms with E-state index in [0.29, 0.717) is 0 Å². The highest BCUT2D eigenvalue weighted by atomic mass is 15.3. The summed E-state index contributed by atoms with van der Waals surface area (Å²) in [6.45, 7) is 7.51. The molecule has 3 heterocycles. The number of piperidine rings is 1. The fourth-order valence-electron chi connectivity index (χ4n) is 4.43. The van der Waals surface area contributed by atoms with Gasteiger partial charge in [-0.15, -0.1) is 0 Å². The Morgan fingerprint density at radius 3 is 2.53 bits per heavy atom. The van der Waals surface area contributed by atoms with Crippen LogP contribution < -0.4 is 5.32 Å². The SMILES string of the molecule is CCC1CN(CCC2CC3CCC(C2)N3)CCN1C. The molecule has 3 saturated heterocycles. The summed E-state index contributed by atoms with van der Waals surface area (Å²) < 4.78 is 0. The van der Waals surface area contributed by atoms with Crippen molar-refractivity contribution in [1.29, 1.82) is 0 Å². The Bertz CT molecular complexity index is 282. The van der Waals surface area contributed by atoms with Crippen LogP contribution in [0.5, 0.6) is 0 Å². The van der Waals surface area contributed by atoms with Crippen molar-refractivity contribution in [3.8, 4) is 0 Å². The van der Waals surface area contributed by atoms with Gasteiger partial charge in [-0.25, -0.2) is 0 Å². The second-order valence-corrected chi connectivity index (χ2v) is 7.11. The van der Waals surface area contributed by atoms with E-state index in [1.165, 1.54) is 64.7 Å². The monoisotopic (exact) mass is 265 g/mol. The Hall–Kier alpha value is -0.120. The molecule has 2 bridgehead atoms. The number of likely N-dealkylation sites (N-methyl/N-ethyl adjacent to an activating group) is 1. The molecule has 0 radical (unpaired) electrons. The molecule has 3 aliphatic heterocycles. The molecule has 3 nitrogen and oxygen atoms in total. The molecule has 0 spiro atoms. The summed E-state index contributed by atoms with van der Waals surface area (Å²) in [4.78, 5) is 5.26. The number of piperazine rings is 1. The van der Waals surface area contributed by atoms with E-state index in [1.807, 2.05) is 0 Å². The Balaban J connectivity index is 1.42. The van der Waals surface area contributed by atoms with Crippen LogP contribution in [0.3, 0.4) is 0 Å². The largest absolute Gasteiger partial charge is 0.311 e. The first-order chi connectivity index (χ1) is 9.24. The van der Waals surface area contributed by atoms with Gasteiger partial charge in [-0.05, 0) is 58.0 Å². The molecular weight excluding hydrogens is 234 g/mol. The third kappa shape index (κ3) is 3.32. The third-order valence-electron chi connectivity index (χ3n) is 5.76. The lowest BCUT2D eigenvalue weighted by atomic mass is 9.89. The molecule has 19 heavy (non-hydrogen) atoms. The molecule has 0 aromatic rings. The van der Waals surface area contributed by atoms with E-state index in [1.54, 1.807) is 0 Å². The van der Waals surface area contributed by atoms with Crippen LogP contribution in [-0.4, -0.2) is 61.2 Å². The average Bonchev–Trinajstić information content (AvgIpc) is 2.77. The number of hydrogen-bond donors (Lipinski definition) is 1. The van der Waals surface area contributed by atoms with Crippen molar-refractivity contribution in [1.82, 2.24) is 15.1 Å². The van der Waals surface area contributed by atoms with Gasteiger partial charge in [0, 0.05) is 37.8 Å². The molecule has 1 N–H and O–H groups in total. The molecule has 0 aliphatic carbocycles.